The third-order valence-electron chi connectivity index (χ3n) is 2.73. The van der Waals surface area contributed by atoms with E-state index in [2.05, 4.69) is 17.0 Å². The highest BCUT2D eigenvalue weighted by molar-refractivity contribution is 5.85. The molecule has 1 saturated heterocycles. The highest BCUT2D eigenvalue weighted by Crippen LogP contribution is 2.06. The van der Waals surface area contributed by atoms with E-state index < -0.39 is 5.97 Å². The second-order valence-corrected chi connectivity index (χ2v) is 3.80. The first-order valence-electron chi connectivity index (χ1n) is 5.03. The maximum Gasteiger partial charge on any atom is 0.354 e. The summed E-state index contributed by atoms with van der Waals surface area (Å²) in [5, 5.41) is 11.0. The largest absolute Gasteiger partial charge is 0.477 e. The summed E-state index contributed by atoms with van der Waals surface area (Å²) in [4.78, 5) is 13.2. The number of hydrogen-bond donors (Lipinski definition) is 1. The van der Waals surface area contributed by atoms with Crippen molar-refractivity contribution in [3.05, 3.63) is 24.0 Å². The first-order valence-corrected chi connectivity index (χ1v) is 5.03. The molecule has 0 amide bonds. The van der Waals surface area contributed by atoms with Crippen molar-refractivity contribution in [3.63, 3.8) is 0 Å². The molecule has 1 N–H and O–H groups in total. The molecule has 0 aromatic carbocycles. The van der Waals surface area contributed by atoms with Gasteiger partial charge in [-0.2, -0.15) is 0 Å². The maximum atomic E-state index is 10.9. The Balaban J connectivity index is 2.15. The Hall–Kier alpha value is -1.49. The van der Waals surface area contributed by atoms with Crippen LogP contribution in [-0.4, -0.2) is 53.9 Å². The summed E-state index contributed by atoms with van der Waals surface area (Å²) in [6.45, 7) is 3.67. The third kappa shape index (κ3) is 1.97. The van der Waals surface area contributed by atoms with E-state index >= 15 is 0 Å². The zero-order chi connectivity index (χ0) is 10.8. The average molecular weight is 209 g/mol. The molecule has 15 heavy (non-hydrogen) atoms. The van der Waals surface area contributed by atoms with Crippen molar-refractivity contribution in [1.29, 1.82) is 0 Å². The summed E-state index contributed by atoms with van der Waals surface area (Å²) in [6.07, 6.45) is 1.80. The minimum Gasteiger partial charge on any atom is -0.477 e. The van der Waals surface area contributed by atoms with Crippen molar-refractivity contribution in [2.24, 2.45) is 0 Å². The molecule has 5 nitrogen and oxygen atoms in total. The first kappa shape index (κ1) is 10.0. The fraction of sp³-hybridized carbons (Fsp3) is 0.500. The van der Waals surface area contributed by atoms with Gasteiger partial charge in [0.2, 0.25) is 0 Å². The maximum absolute atomic E-state index is 10.9. The van der Waals surface area contributed by atoms with Crippen molar-refractivity contribution in [2.75, 3.05) is 38.2 Å². The molecule has 0 atom stereocenters. The standard InChI is InChI=1S/C10H15N3O2/c1-11-5-7-12(8-6-11)13-4-2-3-9(13)10(14)15/h2-4H,5-8H2,1H3,(H,14,15). The van der Waals surface area contributed by atoms with Crippen LogP contribution >= 0.6 is 0 Å². The lowest BCUT2D eigenvalue weighted by Gasteiger charge is -2.35. The van der Waals surface area contributed by atoms with Crippen LogP contribution in [0.15, 0.2) is 18.3 Å². The van der Waals surface area contributed by atoms with Crippen LogP contribution in [0.5, 0.6) is 0 Å². The Morgan fingerprint density at radius 2 is 2.00 bits per heavy atom. The van der Waals surface area contributed by atoms with E-state index in [4.69, 9.17) is 5.11 Å². The van der Waals surface area contributed by atoms with Gasteiger partial charge >= 0.3 is 5.97 Å². The summed E-state index contributed by atoms with van der Waals surface area (Å²) in [7, 11) is 2.07. The van der Waals surface area contributed by atoms with Crippen molar-refractivity contribution < 1.29 is 9.90 Å². The summed E-state index contributed by atoms with van der Waals surface area (Å²) < 4.78 is 1.73. The van der Waals surface area contributed by atoms with Gasteiger partial charge in [-0.15, -0.1) is 0 Å². The number of hydrogen-bond acceptors (Lipinski definition) is 3. The molecule has 1 aliphatic heterocycles. The number of carboxylic acids is 1. The minimum atomic E-state index is -0.876. The smallest absolute Gasteiger partial charge is 0.354 e. The van der Waals surface area contributed by atoms with Crippen molar-refractivity contribution in [2.45, 2.75) is 0 Å². The molecule has 2 rings (SSSR count). The Morgan fingerprint density at radius 3 is 2.60 bits per heavy atom. The van der Waals surface area contributed by atoms with Crippen LogP contribution in [0.1, 0.15) is 10.5 Å². The van der Waals surface area contributed by atoms with E-state index in [1.54, 1.807) is 23.0 Å². The molecule has 1 aromatic heterocycles. The molecule has 0 bridgehead atoms. The number of carbonyl (C=O) groups is 1. The Morgan fingerprint density at radius 1 is 1.33 bits per heavy atom. The lowest BCUT2D eigenvalue weighted by molar-refractivity contribution is 0.0683. The monoisotopic (exact) mass is 209 g/mol. The molecule has 1 aromatic rings. The van der Waals surface area contributed by atoms with Gasteiger partial charge in [0.05, 0.1) is 0 Å². The first-order chi connectivity index (χ1) is 7.18. The van der Waals surface area contributed by atoms with Crippen molar-refractivity contribution in [3.8, 4) is 0 Å². The molecule has 0 unspecified atom stereocenters. The van der Waals surface area contributed by atoms with Crippen LogP contribution in [-0.2, 0) is 0 Å². The van der Waals surface area contributed by atoms with Gasteiger partial charge in [-0.25, -0.2) is 4.79 Å². The molecule has 5 heteroatoms. The number of rotatable bonds is 2. The Bertz CT molecular complexity index is 353. The average Bonchev–Trinajstić information content (AvgIpc) is 2.67. The van der Waals surface area contributed by atoms with E-state index in [1.165, 1.54) is 0 Å². The number of nitrogens with zero attached hydrogens (tertiary/aromatic N) is 3. The fourth-order valence-corrected chi connectivity index (χ4v) is 1.80. The van der Waals surface area contributed by atoms with E-state index in [1.807, 2.05) is 0 Å². The van der Waals surface area contributed by atoms with E-state index in [0.717, 1.165) is 26.2 Å². The van der Waals surface area contributed by atoms with Gasteiger partial charge in [0, 0.05) is 32.4 Å². The van der Waals surface area contributed by atoms with Gasteiger partial charge in [-0.05, 0) is 19.2 Å². The molecule has 0 saturated carbocycles. The van der Waals surface area contributed by atoms with E-state index in [-0.39, 0.29) is 0 Å². The van der Waals surface area contributed by atoms with Gasteiger partial charge in [0.1, 0.15) is 5.69 Å². The summed E-state index contributed by atoms with van der Waals surface area (Å²) >= 11 is 0. The fourth-order valence-electron chi connectivity index (χ4n) is 1.80. The van der Waals surface area contributed by atoms with Crippen LogP contribution in [0.3, 0.4) is 0 Å². The Kier molecular flexibility index (Phi) is 2.64. The van der Waals surface area contributed by atoms with Crippen molar-refractivity contribution >= 4 is 5.97 Å². The molecular formula is C10H15N3O2. The van der Waals surface area contributed by atoms with Gasteiger partial charge in [-0.1, -0.05) is 0 Å². The number of aromatic nitrogens is 1. The summed E-state index contributed by atoms with van der Waals surface area (Å²) in [5.41, 5.74) is 0.333. The normalized spacial score (nSPS) is 18.1. The molecule has 82 valence electrons. The Labute approximate surface area is 88.5 Å². The SMILES string of the molecule is CN1CCN(n2cccc2C(=O)O)CC1. The van der Waals surface area contributed by atoms with E-state index in [0.29, 0.717) is 5.69 Å². The van der Waals surface area contributed by atoms with Gasteiger partial charge in [0.15, 0.2) is 0 Å². The number of aromatic carboxylic acids is 1. The number of piperazine rings is 1. The zero-order valence-corrected chi connectivity index (χ0v) is 8.76. The third-order valence-corrected chi connectivity index (χ3v) is 2.73. The molecule has 0 radical (unpaired) electrons. The lowest BCUT2D eigenvalue weighted by atomic mass is 10.4. The van der Waals surface area contributed by atoms with Gasteiger partial charge in [0.25, 0.3) is 0 Å². The van der Waals surface area contributed by atoms with E-state index in [9.17, 15) is 4.79 Å². The summed E-state index contributed by atoms with van der Waals surface area (Å²) in [5.74, 6) is -0.876. The molecule has 0 aliphatic carbocycles. The van der Waals surface area contributed by atoms with Crippen LogP contribution in [0.25, 0.3) is 0 Å². The molecule has 1 fully saturated rings. The molecular weight excluding hydrogens is 194 g/mol. The van der Waals surface area contributed by atoms with Crippen LogP contribution in [0.4, 0.5) is 0 Å². The second kappa shape index (κ2) is 3.94. The van der Waals surface area contributed by atoms with Gasteiger partial charge < -0.3 is 15.0 Å². The molecule has 0 spiro atoms. The predicted molar refractivity (Wildman–Crippen MR) is 56.8 cm³/mol. The summed E-state index contributed by atoms with van der Waals surface area (Å²) in [6, 6.07) is 3.39. The quantitative estimate of drug-likeness (QED) is 0.749. The van der Waals surface area contributed by atoms with Crippen LogP contribution in [0.2, 0.25) is 0 Å². The highest BCUT2D eigenvalue weighted by Gasteiger charge is 2.18. The van der Waals surface area contributed by atoms with Crippen LogP contribution < -0.4 is 5.01 Å². The minimum absolute atomic E-state index is 0.333. The molecule has 2 heterocycles. The predicted octanol–water partition coefficient (Wildman–Crippen LogP) is 0.0697. The second-order valence-electron chi connectivity index (χ2n) is 3.80. The lowest BCUT2D eigenvalue weighted by Crippen LogP contribution is -2.50. The molecule has 1 aliphatic rings. The zero-order valence-electron chi connectivity index (χ0n) is 8.76. The number of carboxylic acid groups (broad SMARTS) is 1. The topological polar surface area (TPSA) is 48.7 Å². The highest BCUT2D eigenvalue weighted by atomic mass is 16.4. The van der Waals surface area contributed by atoms with Gasteiger partial charge in [-0.3, -0.25) is 4.68 Å². The van der Waals surface area contributed by atoms with Crippen LogP contribution in [0, 0.1) is 0 Å². The van der Waals surface area contributed by atoms with Crippen molar-refractivity contribution in [1.82, 2.24) is 9.58 Å². The number of likely N-dealkylation sites (N-methyl/N-ethyl adjacent to an activating group) is 1.